The number of benzene rings is 1. The molecule has 1 aromatic rings. The van der Waals surface area contributed by atoms with Gasteiger partial charge in [0.2, 0.25) is 10.0 Å². The third-order valence-corrected chi connectivity index (χ3v) is 5.19. The van der Waals surface area contributed by atoms with E-state index < -0.39 is 10.0 Å². The molecule has 5 heteroatoms. The maximum Gasteiger partial charge on any atom is 0.243 e. The molecule has 0 spiro atoms. The van der Waals surface area contributed by atoms with Crippen molar-refractivity contribution in [1.29, 1.82) is 0 Å². The summed E-state index contributed by atoms with van der Waals surface area (Å²) in [6.45, 7) is 3.03. The van der Waals surface area contributed by atoms with Gasteiger partial charge in [-0.3, -0.25) is 0 Å². The van der Waals surface area contributed by atoms with Crippen LogP contribution in [-0.4, -0.2) is 31.9 Å². The highest BCUT2D eigenvalue weighted by Crippen LogP contribution is 2.22. The zero-order chi connectivity index (χ0) is 12.5. The molecule has 1 heterocycles. The van der Waals surface area contributed by atoms with Gasteiger partial charge >= 0.3 is 0 Å². The minimum absolute atomic E-state index is 0.109. The molecule has 2 N–H and O–H groups in total. The Bertz CT molecular complexity index is 473. The fourth-order valence-electron chi connectivity index (χ4n) is 2.09. The van der Waals surface area contributed by atoms with Gasteiger partial charge in [0.1, 0.15) is 0 Å². The molecule has 1 aromatic carbocycles. The Kier molecular flexibility index (Phi) is 3.51. The molecule has 2 unspecified atom stereocenters. The molecule has 17 heavy (non-hydrogen) atoms. The van der Waals surface area contributed by atoms with Crippen molar-refractivity contribution < 1.29 is 8.42 Å². The van der Waals surface area contributed by atoms with E-state index in [0.717, 1.165) is 6.42 Å². The van der Waals surface area contributed by atoms with Gasteiger partial charge < -0.3 is 5.73 Å². The highest BCUT2D eigenvalue weighted by molar-refractivity contribution is 7.89. The van der Waals surface area contributed by atoms with E-state index in [-0.39, 0.29) is 12.0 Å². The summed E-state index contributed by atoms with van der Waals surface area (Å²) >= 11 is 0. The van der Waals surface area contributed by atoms with Gasteiger partial charge in [0.25, 0.3) is 0 Å². The number of hydrogen-bond donors (Lipinski definition) is 1. The Morgan fingerprint density at radius 1 is 1.29 bits per heavy atom. The van der Waals surface area contributed by atoms with Crippen LogP contribution in [0.4, 0.5) is 0 Å². The summed E-state index contributed by atoms with van der Waals surface area (Å²) in [4.78, 5) is 0.364. The summed E-state index contributed by atoms with van der Waals surface area (Å²) in [7, 11) is -3.34. The second-order valence-electron chi connectivity index (χ2n) is 4.61. The van der Waals surface area contributed by atoms with Crippen LogP contribution in [-0.2, 0) is 10.0 Å². The average Bonchev–Trinajstić information content (AvgIpc) is 2.33. The molecular formula is C12H18N2O2S. The predicted octanol–water partition coefficient (Wildman–Crippen LogP) is 1.04. The van der Waals surface area contributed by atoms with E-state index in [1.54, 1.807) is 24.3 Å². The Morgan fingerprint density at radius 3 is 2.53 bits per heavy atom. The van der Waals surface area contributed by atoms with E-state index in [1.165, 1.54) is 4.31 Å². The van der Waals surface area contributed by atoms with E-state index in [1.807, 2.05) is 13.0 Å². The first-order valence-corrected chi connectivity index (χ1v) is 7.26. The lowest BCUT2D eigenvalue weighted by molar-refractivity contribution is 0.250. The Morgan fingerprint density at radius 2 is 1.94 bits per heavy atom. The molecule has 1 aliphatic heterocycles. The third-order valence-electron chi connectivity index (χ3n) is 3.32. The molecule has 1 saturated heterocycles. The van der Waals surface area contributed by atoms with E-state index in [4.69, 9.17) is 5.73 Å². The quantitative estimate of drug-likeness (QED) is 0.858. The zero-order valence-corrected chi connectivity index (χ0v) is 10.7. The average molecular weight is 254 g/mol. The van der Waals surface area contributed by atoms with Crippen LogP contribution in [0.25, 0.3) is 0 Å². The standard InChI is InChI=1S/C12H18N2O2S/c1-10-9-14(8-7-12(10)13)17(15,16)11-5-3-2-4-6-11/h2-6,10,12H,7-9,13H2,1H3. The molecule has 2 atom stereocenters. The van der Waals surface area contributed by atoms with Crippen molar-refractivity contribution in [3.8, 4) is 0 Å². The maximum atomic E-state index is 12.3. The van der Waals surface area contributed by atoms with E-state index in [9.17, 15) is 8.42 Å². The fraction of sp³-hybridized carbons (Fsp3) is 0.500. The largest absolute Gasteiger partial charge is 0.327 e. The van der Waals surface area contributed by atoms with E-state index >= 15 is 0 Å². The maximum absolute atomic E-state index is 12.3. The predicted molar refractivity (Wildman–Crippen MR) is 67.0 cm³/mol. The SMILES string of the molecule is CC1CN(S(=O)(=O)c2ccccc2)CCC1N. The minimum Gasteiger partial charge on any atom is -0.327 e. The summed E-state index contributed by atoms with van der Waals surface area (Å²) in [6, 6.07) is 8.67. The lowest BCUT2D eigenvalue weighted by Gasteiger charge is -2.34. The van der Waals surface area contributed by atoms with Gasteiger partial charge in [0, 0.05) is 19.1 Å². The zero-order valence-electron chi connectivity index (χ0n) is 9.91. The number of sulfonamides is 1. The van der Waals surface area contributed by atoms with Crippen LogP contribution in [0.5, 0.6) is 0 Å². The Balaban J connectivity index is 2.23. The van der Waals surface area contributed by atoms with Crippen molar-refractivity contribution in [2.75, 3.05) is 13.1 Å². The molecule has 2 rings (SSSR count). The highest BCUT2D eigenvalue weighted by Gasteiger charge is 2.31. The number of rotatable bonds is 2. The van der Waals surface area contributed by atoms with Gasteiger partial charge in [0.15, 0.2) is 0 Å². The first-order valence-electron chi connectivity index (χ1n) is 5.82. The number of nitrogens with two attached hydrogens (primary N) is 1. The summed E-state index contributed by atoms with van der Waals surface area (Å²) in [6.07, 6.45) is 0.729. The minimum atomic E-state index is -3.34. The molecule has 0 amide bonds. The number of piperidine rings is 1. The molecular weight excluding hydrogens is 236 g/mol. The number of nitrogens with zero attached hydrogens (tertiary/aromatic N) is 1. The molecule has 94 valence electrons. The van der Waals surface area contributed by atoms with Crippen LogP contribution in [0.1, 0.15) is 13.3 Å². The summed E-state index contributed by atoms with van der Waals surface area (Å²) in [5.74, 6) is 0.210. The molecule has 0 saturated carbocycles. The van der Waals surface area contributed by atoms with Crippen molar-refractivity contribution in [2.45, 2.75) is 24.3 Å². The van der Waals surface area contributed by atoms with E-state index in [0.29, 0.717) is 18.0 Å². The van der Waals surface area contributed by atoms with Gasteiger partial charge in [0.05, 0.1) is 4.90 Å². The third kappa shape index (κ3) is 2.51. The van der Waals surface area contributed by atoms with Crippen molar-refractivity contribution in [3.05, 3.63) is 30.3 Å². The molecule has 4 nitrogen and oxygen atoms in total. The molecule has 0 aromatic heterocycles. The van der Waals surface area contributed by atoms with Crippen LogP contribution in [0.2, 0.25) is 0 Å². The summed E-state index contributed by atoms with van der Waals surface area (Å²) in [5.41, 5.74) is 5.90. The van der Waals surface area contributed by atoms with Gasteiger partial charge in [-0.1, -0.05) is 25.1 Å². The van der Waals surface area contributed by atoms with Crippen LogP contribution in [0, 0.1) is 5.92 Å². The van der Waals surface area contributed by atoms with Crippen LogP contribution in [0.15, 0.2) is 35.2 Å². The summed E-state index contributed by atoms with van der Waals surface area (Å²) < 4.78 is 26.2. The lowest BCUT2D eigenvalue weighted by atomic mass is 9.96. The van der Waals surface area contributed by atoms with Crippen molar-refractivity contribution in [1.82, 2.24) is 4.31 Å². The fourth-order valence-corrected chi connectivity index (χ4v) is 3.66. The van der Waals surface area contributed by atoms with Gasteiger partial charge in [-0.15, -0.1) is 0 Å². The number of hydrogen-bond acceptors (Lipinski definition) is 3. The van der Waals surface area contributed by atoms with Crippen LogP contribution in [0.3, 0.4) is 0 Å². The highest BCUT2D eigenvalue weighted by atomic mass is 32.2. The topological polar surface area (TPSA) is 63.4 Å². The Hall–Kier alpha value is -0.910. The molecule has 0 aliphatic carbocycles. The van der Waals surface area contributed by atoms with Crippen molar-refractivity contribution >= 4 is 10.0 Å². The van der Waals surface area contributed by atoms with Crippen LogP contribution >= 0.6 is 0 Å². The van der Waals surface area contributed by atoms with Crippen LogP contribution < -0.4 is 5.73 Å². The second kappa shape index (κ2) is 4.76. The van der Waals surface area contributed by atoms with Crippen molar-refractivity contribution in [3.63, 3.8) is 0 Å². The summed E-state index contributed by atoms with van der Waals surface area (Å²) in [5, 5.41) is 0. The first-order chi connectivity index (χ1) is 8.01. The second-order valence-corrected chi connectivity index (χ2v) is 6.54. The Labute approximate surface area is 102 Å². The molecule has 1 aliphatic rings. The molecule has 1 fully saturated rings. The lowest BCUT2D eigenvalue weighted by Crippen LogP contribution is -2.48. The van der Waals surface area contributed by atoms with Gasteiger partial charge in [-0.05, 0) is 24.5 Å². The van der Waals surface area contributed by atoms with E-state index in [2.05, 4.69) is 0 Å². The van der Waals surface area contributed by atoms with Crippen molar-refractivity contribution in [2.24, 2.45) is 11.7 Å². The molecule has 0 bridgehead atoms. The smallest absolute Gasteiger partial charge is 0.243 e. The van der Waals surface area contributed by atoms with Gasteiger partial charge in [-0.2, -0.15) is 4.31 Å². The molecule has 0 radical (unpaired) electrons. The first kappa shape index (κ1) is 12.5. The monoisotopic (exact) mass is 254 g/mol. The normalized spacial score (nSPS) is 26.9. The van der Waals surface area contributed by atoms with Gasteiger partial charge in [-0.25, -0.2) is 8.42 Å².